The first kappa shape index (κ1) is 18.8. The highest BCUT2D eigenvalue weighted by Gasteiger charge is 2.36. The molecule has 0 aromatic carbocycles. The van der Waals surface area contributed by atoms with E-state index in [0.29, 0.717) is 0 Å². The van der Waals surface area contributed by atoms with Gasteiger partial charge in [-0.15, -0.1) is 0 Å². The van der Waals surface area contributed by atoms with Gasteiger partial charge in [0.1, 0.15) is 5.60 Å². The lowest BCUT2D eigenvalue weighted by Gasteiger charge is -2.29. The van der Waals surface area contributed by atoms with Crippen molar-refractivity contribution in [3.05, 3.63) is 12.2 Å². The van der Waals surface area contributed by atoms with E-state index >= 15 is 0 Å². The molecule has 0 amide bonds. The maximum atomic E-state index is 11.6. The molecule has 0 aliphatic rings. The first-order valence-corrected chi connectivity index (χ1v) is 6.40. The molecule has 0 radical (unpaired) electrons. The van der Waals surface area contributed by atoms with Gasteiger partial charge >= 0.3 is 23.9 Å². The van der Waals surface area contributed by atoms with Crippen LogP contribution in [0.5, 0.6) is 0 Å². The topological polar surface area (TPSA) is 96.0 Å². The molecule has 0 N–H and O–H groups in total. The average molecular weight is 300 g/mol. The largest absolute Gasteiger partial charge is 0.463 e. The van der Waals surface area contributed by atoms with Gasteiger partial charge in [-0.2, -0.15) is 0 Å². The first-order chi connectivity index (χ1) is 9.60. The summed E-state index contributed by atoms with van der Waals surface area (Å²) in [6, 6.07) is 0. The quantitative estimate of drug-likeness (QED) is 0.314. The van der Waals surface area contributed by atoms with Gasteiger partial charge in [0.25, 0.3) is 0 Å². The van der Waals surface area contributed by atoms with Gasteiger partial charge in [-0.3, -0.25) is 9.59 Å². The molecule has 7 heteroatoms. The highest BCUT2D eigenvalue weighted by atomic mass is 16.6. The highest BCUT2D eigenvalue weighted by Crippen LogP contribution is 2.23. The van der Waals surface area contributed by atoms with Crippen molar-refractivity contribution in [1.29, 1.82) is 0 Å². The fraction of sp³-hybridized carbons (Fsp3) is 0.571. The van der Waals surface area contributed by atoms with Crippen molar-refractivity contribution < 1.29 is 33.4 Å². The van der Waals surface area contributed by atoms with E-state index in [1.807, 2.05) is 0 Å². The van der Waals surface area contributed by atoms with Crippen LogP contribution in [-0.2, 0) is 33.4 Å². The van der Waals surface area contributed by atoms with Crippen molar-refractivity contribution in [2.24, 2.45) is 5.92 Å². The minimum Gasteiger partial charge on any atom is -0.463 e. The van der Waals surface area contributed by atoms with E-state index in [-0.39, 0.29) is 6.61 Å². The number of rotatable bonds is 6. The van der Waals surface area contributed by atoms with Gasteiger partial charge < -0.3 is 14.2 Å². The third kappa shape index (κ3) is 7.24. The van der Waals surface area contributed by atoms with Gasteiger partial charge in [-0.25, -0.2) is 9.59 Å². The minimum atomic E-state index is -1.21. The molecule has 118 valence electrons. The molecule has 0 heterocycles. The second-order valence-electron chi connectivity index (χ2n) is 4.74. The third-order valence-electron chi connectivity index (χ3n) is 2.65. The first-order valence-electron chi connectivity index (χ1n) is 6.40. The lowest BCUT2D eigenvalue weighted by atomic mass is 9.92. The van der Waals surface area contributed by atoms with E-state index < -0.39 is 35.4 Å². The highest BCUT2D eigenvalue weighted by molar-refractivity contribution is 5.92. The number of ether oxygens (including phenoxy) is 3. The van der Waals surface area contributed by atoms with E-state index in [1.165, 1.54) is 20.8 Å². The van der Waals surface area contributed by atoms with Crippen LogP contribution in [0.2, 0.25) is 0 Å². The van der Waals surface area contributed by atoms with Gasteiger partial charge in [0, 0.05) is 19.1 Å². The molecule has 0 saturated heterocycles. The number of hydrogen-bond donors (Lipinski definition) is 0. The zero-order valence-corrected chi connectivity index (χ0v) is 12.8. The monoisotopic (exact) mass is 300 g/mol. The van der Waals surface area contributed by atoms with E-state index in [0.717, 1.165) is 19.1 Å². The molecule has 1 unspecified atom stereocenters. The molecule has 0 spiro atoms. The number of hydrogen-bond acceptors (Lipinski definition) is 7. The Balaban J connectivity index is 4.65. The molecule has 0 aromatic heterocycles. The van der Waals surface area contributed by atoms with Crippen molar-refractivity contribution >= 4 is 23.9 Å². The number of carbonyl (C=O) groups excluding carboxylic acids is 4. The number of carbonyl (C=O) groups is 4. The van der Waals surface area contributed by atoms with E-state index in [9.17, 15) is 19.2 Å². The second kappa shape index (κ2) is 8.18. The molecule has 7 nitrogen and oxygen atoms in total. The standard InChI is InChI=1S/C14H20O7/c1-6-19-11(16)7-8-12(17)21-14(4,5)9(2)13(18)20-10(3)15/h7-9H,6H2,1-5H3/b8-7+. The maximum Gasteiger partial charge on any atom is 0.331 e. The van der Waals surface area contributed by atoms with Crippen LogP contribution in [-0.4, -0.2) is 36.1 Å². The Morgan fingerprint density at radius 3 is 2.10 bits per heavy atom. The van der Waals surface area contributed by atoms with Gasteiger partial charge in [0.05, 0.1) is 12.5 Å². The Morgan fingerprint density at radius 2 is 1.62 bits per heavy atom. The molecular formula is C14H20O7. The van der Waals surface area contributed by atoms with Crippen LogP contribution in [0.4, 0.5) is 0 Å². The molecule has 0 bridgehead atoms. The number of esters is 4. The molecule has 0 rings (SSSR count). The van der Waals surface area contributed by atoms with Gasteiger partial charge in [-0.05, 0) is 27.7 Å². The Labute approximate surface area is 123 Å². The van der Waals surface area contributed by atoms with Crippen molar-refractivity contribution in [2.75, 3.05) is 6.61 Å². The van der Waals surface area contributed by atoms with Crippen molar-refractivity contribution in [3.63, 3.8) is 0 Å². The third-order valence-corrected chi connectivity index (χ3v) is 2.65. The van der Waals surface area contributed by atoms with Gasteiger partial charge in [-0.1, -0.05) is 0 Å². The Bertz CT molecular complexity index is 448. The van der Waals surface area contributed by atoms with Crippen LogP contribution in [0.1, 0.15) is 34.6 Å². The predicted molar refractivity (Wildman–Crippen MR) is 71.9 cm³/mol. The van der Waals surface area contributed by atoms with Crippen LogP contribution >= 0.6 is 0 Å². The minimum absolute atomic E-state index is 0.192. The normalized spacial score (nSPS) is 12.6. The molecule has 0 aliphatic carbocycles. The summed E-state index contributed by atoms with van der Waals surface area (Å²) in [5, 5.41) is 0. The van der Waals surface area contributed by atoms with Crippen molar-refractivity contribution in [2.45, 2.75) is 40.2 Å². The Kier molecular flexibility index (Phi) is 7.33. The Hall–Kier alpha value is -2.18. The average Bonchev–Trinajstić information content (AvgIpc) is 2.34. The van der Waals surface area contributed by atoms with Crippen LogP contribution in [0.25, 0.3) is 0 Å². The summed E-state index contributed by atoms with van der Waals surface area (Å²) in [6.45, 7) is 7.39. The van der Waals surface area contributed by atoms with Crippen molar-refractivity contribution in [1.82, 2.24) is 0 Å². The van der Waals surface area contributed by atoms with Crippen LogP contribution in [0, 0.1) is 5.92 Å². The van der Waals surface area contributed by atoms with E-state index in [2.05, 4.69) is 9.47 Å². The molecule has 1 atom stereocenters. The molecular weight excluding hydrogens is 280 g/mol. The van der Waals surface area contributed by atoms with E-state index in [4.69, 9.17) is 4.74 Å². The van der Waals surface area contributed by atoms with Gasteiger partial charge in [0.15, 0.2) is 0 Å². The lowest BCUT2D eigenvalue weighted by Crippen LogP contribution is -2.40. The van der Waals surface area contributed by atoms with Crippen molar-refractivity contribution in [3.8, 4) is 0 Å². The molecule has 21 heavy (non-hydrogen) atoms. The Morgan fingerprint density at radius 1 is 1.10 bits per heavy atom. The lowest BCUT2D eigenvalue weighted by molar-refractivity contribution is -0.171. The van der Waals surface area contributed by atoms with Crippen LogP contribution < -0.4 is 0 Å². The smallest absolute Gasteiger partial charge is 0.331 e. The predicted octanol–water partition coefficient (Wildman–Crippen LogP) is 1.15. The zero-order chi connectivity index (χ0) is 16.6. The summed E-state index contributed by atoms with van der Waals surface area (Å²) in [6.07, 6.45) is 1.84. The van der Waals surface area contributed by atoms with Gasteiger partial charge in [0.2, 0.25) is 0 Å². The van der Waals surface area contributed by atoms with E-state index in [1.54, 1.807) is 6.92 Å². The maximum absolute atomic E-state index is 11.6. The second-order valence-corrected chi connectivity index (χ2v) is 4.74. The summed E-state index contributed by atoms with van der Waals surface area (Å²) in [5.41, 5.74) is -1.21. The SMILES string of the molecule is CCOC(=O)/C=C/C(=O)OC(C)(C)C(C)C(=O)OC(C)=O. The fourth-order valence-corrected chi connectivity index (χ4v) is 1.22. The summed E-state index contributed by atoms with van der Waals surface area (Å²) >= 11 is 0. The zero-order valence-electron chi connectivity index (χ0n) is 12.8. The summed E-state index contributed by atoms with van der Waals surface area (Å²) in [5.74, 6) is -3.88. The summed E-state index contributed by atoms with van der Waals surface area (Å²) in [4.78, 5) is 45.0. The van der Waals surface area contributed by atoms with Crippen LogP contribution in [0.15, 0.2) is 12.2 Å². The summed E-state index contributed by atoms with van der Waals surface area (Å²) < 4.78 is 14.1. The molecule has 0 aromatic rings. The fourth-order valence-electron chi connectivity index (χ4n) is 1.22. The van der Waals surface area contributed by atoms with Crippen LogP contribution in [0.3, 0.4) is 0 Å². The molecule has 0 saturated carbocycles. The summed E-state index contributed by atoms with van der Waals surface area (Å²) in [7, 11) is 0. The molecule has 0 aliphatic heterocycles. The molecule has 0 fully saturated rings.